The largest absolute Gasteiger partial charge is 0.490 e. The van der Waals surface area contributed by atoms with Gasteiger partial charge in [0.2, 0.25) is 0 Å². The molecule has 2 atom stereocenters. The first-order valence-electron chi connectivity index (χ1n) is 10.8. The van der Waals surface area contributed by atoms with Gasteiger partial charge in [-0.3, -0.25) is 4.79 Å². The number of nitrogens with zero attached hydrogens (tertiary/aromatic N) is 1. The Bertz CT molecular complexity index is 811. The van der Waals surface area contributed by atoms with Crippen molar-refractivity contribution in [2.45, 2.75) is 32.5 Å². The van der Waals surface area contributed by atoms with Gasteiger partial charge in [0.15, 0.2) is 18.1 Å². The predicted octanol–water partition coefficient (Wildman–Crippen LogP) is 0.473. The van der Waals surface area contributed by atoms with E-state index in [1.54, 1.807) is 19.0 Å². The Balaban J connectivity index is 1.51. The molecule has 0 radical (unpaired) electrons. The van der Waals surface area contributed by atoms with Crippen LogP contribution in [0.25, 0.3) is 0 Å². The van der Waals surface area contributed by atoms with Gasteiger partial charge in [-0.15, -0.1) is 0 Å². The summed E-state index contributed by atoms with van der Waals surface area (Å²) in [5.74, 6) is 1.26. The average molecular weight is 414 g/mol. The number of nitrogens with one attached hydrogen (secondary N) is 1. The van der Waals surface area contributed by atoms with E-state index >= 15 is 0 Å². The fourth-order valence-electron chi connectivity index (χ4n) is 3.85. The fraction of sp³-hybridized carbons (Fsp3) is 0.458. The first kappa shape index (κ1) is 22.1. The number of likely N-dealkylation sites (tertiary alicyclic amines) is 1. The number of quaternary nitrogens is 2. The van der Waals surface area contributed by atoms with Gasteiger partial charge < -0.3 is 24.6 Å². The van der Waals surface area contributed by atoms with E-state index in [0.717, 1.165) is 13.1 Å². The lowest BCUT2D eigenvalue weighted by Gasteiger charge is -2.15. The summed E-state index contributed by atoms with van der Waals surface area (Å²) in [5, 5.41) is 2.44. The molecule has 1 fully saturated rings. The third kappa shape index (κ3) is 6.47. The van der Waals surface area contributed by atoms with E-state index in [1.807, 2.05) is 19.1 Å². The van der Waals surface area contributed by atoms with Crippen LogP contribution in [0.1, 0.15) is 24.5 Å². The van der Waals surface area contributed by atoms with Crippen LogP contribution in [0.2, 0.25) is 0 Å². The third-order valence-corrected chi connectivity index (χ3v) is 5.56. The van der Waals surface area contributed by atoms with E-state index in [-0.39, 0.29) is 12.5 Å². The molecule has 1 aliphatic rings. The van der Waals surface area contributed by atoms with Crippen LogP contribution in [-0.2, 0) is 17.9 Å². The molecule has 30 heavy (non-hydrogen) atoms. The Hall–Kier alpha value is -2.57. The summed E-state index contributed by atoms with van der Waals surface area (Å²) in [7, 11) is 3.44. The highest BCUT2D eigenvalue weighted by atomic mass is 16.5. The summed E-state index contributed by atoms with van der Waals surface area (Å²) in [6, 6.07) is 17.4. The van der Waals surface area contributed by atoms with Gasteiger partial charge in [0.1, 0.15) is 25.7 Å². The zero-order chi connectivity index (χ0) is 21.3. The first-order chi connectivity index (χ1) is 14.5. The number of hydrogen-bond donors (Lipinski definition) is 2. The van der Waals surface area contributed by atoms with Gasteiger partial charge in [-0.2, -0.15) is 0 Å². The Morgan fingerprint density at radius 1 is 1.10 bits per heavy atom. The molecule has 1 amide bonds. The molecule has 0 spiro atoms. The van der Waals surface area contributed by atoms with E-state index < -0.39 is 0 Å². The van der Waals surface area contributed by atoms with Crippen molar-refractivity contribution in [2.24, 2.45) is 0 Å². The molecule has 2 aromatic rings. The molecule has 162 valence electrons. The van der Waals surface area contributed by atoms with Crippen molar-refractivity contribution in [1.29, 1.82) is 0 Å². The minimum atomic E-state index is -0.0707. The highest BCUT2D eigenvalue weighted by molar-refractivity contribution is 5.77. The molecule has 6 heteroatoms. The van der Waals surface area contributed by atoms with Gasteiger partial charge in [-0.25, -0.2) is 0 Å². The van der Waals surface area contributed by atoms with E-state index in [0.29, 0.717) is 24.1 Å². The first-order valence-corrected chi connectivity index (χ1v) is 10.8. The van der Waals surface area contributed by atoms with Crippen molar-refractivity contribution in [3.05, 3.63) is 59.7 Å². The van der Waals surface area contributed by atoms with Crippen LogP contribution < -0.4 is 19.7 Å². The van der Waals surface area contributed by atoms with Crippen LogP contribution in [0, 0.1) is 0 Å². The van der Waals surface area contributed by atoms with E-state index in [9.17, 15) is 4.79 Å². The van der Waals surface area contributed by atoms with Crippen LogP contribution in [-0.4, -0.2) is 57.2 Å². The van der Waals surface area contributed by atoms with Crippen LogP contribution in [0.4, 0.5) is 0 Å². The summed E-state index contributed by atoms with van der Waals surface area (Å²) in [6.07, 6.45) is 1.24. The Labute approximate surface area is 179 Å². The van der Waals surface area contributed by atoms with Crippen molar-refractivity contribution in [3.63, 3.8) is 0 Å². The van der Waals surface area contributed by atoms with Crippen LogP contribution in [0.3, 0.4) is 0 Å². The van der Waals surface area contributed by atoms with Crippen LogP contribution >= 0.6 is 0 Å². The molecular formula is C24H35N3O3+2. The third-order valence-electron chi connectivity index (χ3n) is 5.56. The molecule has 6 nitrogen and oxygen atoms in total. The lowest BCUT2D eigenvalue weighted by atomic mass is 10.1. The second-order valence-electron chi connectivity index (χ2n) is 8.15. The predicted molar refractivity (Wildman–Crippen MR) is 117 cm³/mol. The minimum absolute atomic E-state index is 0.0145. The maximum atomic E-state index is 11.8. The minimum Gasteiger partial charge on any atom is -0.490 e. The van der Waals surface area contributed by atoms with Gasteiger partial charge in [0.05, 0.1) is 19.6 Å². The quantitative estimate of drug-likeness (QED) is 0.596. The molecule has 0 bridgehead atoms. The molecule has 1 aliphatic heterocycles. The number of benzene rings is 2. The zero-order valence-corrected chi connectivity index (χ0v) is 18.4. The summed E-state index contributed by atoms with van der Waals surface area (Å²) in [5.41, 5.74) is 2.62. The van der Waals surface area contributed by atoms with Crippen molar-refractivity contribution >= 4 is 5.91 Å². The number of carbonyl (C=O) groups is 1. The lowest BCUT2D eigenvalue weighted by Crippen LogP contribution is -3.10. The highest BCUT2D eigenvalue weighted by Gasteiger charge is 2.28. The van der Waals surface area contributed by atoms with E-state index in [4.69, 9.17) is 9.47 Å². The molecule has 0 aromatic heterocycles. The van der Waals surface area contributed by atoms with Gasteiger partial charge in [0, 0.05) is 25.2 Å². The van der Waals surface area contributed by atoms with Crippen molar-refractivity contribution in [2.75, 3.05) is 40.4 Å². The second-order valence-corrected chi connectivity index (χ2v) is 8.15. The maximum absolute atomic E-state index is 11.8. The average Bonchev–Trinajstić information content (AvgIpc) is 3.19. The summed E-state index contributed by atoms with van der Waals surface area (Å²) >= 11 is 0. The van der Waals surface area contributed by atoms with Gasteiger partial charge in [-0.05, 0) is 25.1 Å². The Morgan fingerprint density at radius 2 is 1.90 bits per heavy atom. The number of carbonyl (C=O) groups excluding carboxylic acids is 1. The smallest absolute Gasteiger partial charge is 0.259 e. The van der Waals surface area contributed by atoms with Crippen molar-refractivity contribution in [1.82, 2.24) is 4.90 Å². The zero-order valence-electron chi connectivity index (χ0n) is 18.4. The topological polar surface area (TPSA) is 59.8 Å². The van der Waals surface area contributed by atoms with Crippen LogP contribution in [0.15, 0.2) is 48.5 Å². The molecule has 1 saturated heterocycles. The lowest BCUT2D eigenvalue weighted by molar-refractivity contribution is -0.911. The summed E-state index contributed by atoms with van der Waals surface area (Å²) in [6.45, 7) is 6.98. The number of hydrogen-bond acceptors (Lipinski definition) is 3. The number of nitrogens with two attached hydrogens (primary N) is 1. The summed E-state index contributed by atoms with van der Waals surface area (Å²) in [4.78, 5) is 15.0. The molecule has 1 unspecified atom stereocenters. The number of ether oxygens (including phenoxy) is 2. The Kier molecular flexibility index (Phi) is 8.11. The normalized spacial score (nSPS) is 18.2. The molecular weight excluding hydrogens is 378 g/mol. The van der Waals surface area contributed by atoms with E-state index in [2.05, 4.69) is 41.7 Å². The fourth-order valence-corrected chi connectivity index (χ4v) is 3.85. The number of amides is 1. The molecule has 2 aromatic carbocycles. The summed E-state index contributed by atoms with van der Waals surface area (Å²) < 4.78 is 11.4. The second kappa shape index (κ2) is 11.0. The van der Waals surface area contributed by atoms with E-state index in [1.165, 1.54) is 35.5 Å². The SMILES string of the molecule is CCOc1cc(C[NH2+][C@@H]2CC[NH+](Cc3ccccc3)C2)ccc1OCC(=O)N(C)C. The molecule has 1 heterocycles. The molecule has 0 aliphatic carbocycles. The van der Waals surface area contributed by atoms with Gasteiger partial charge in [0.25, 0.3) is 5.91 Å². The molecule has 3 N–H and O–H groups in total. The highest BCUT2D eigenvalue weighted by Crippen LogP contribution is 2.28. The van der Waals surface area contributed by atoms with Crippen molar-refractivity contribution in [3.8, 4) is 11.5 Å². The van der Waals surface area contributed by atoms with Gasteiger partial charge >= 0.3 is 0 Å². The monoisotopic (exact) mass is 413 g/mol. The van der Waals surface area contributed by atoms with Crippen LogP contribution in [0.5, 0.6) is 11.5 Å². The number of rotatable bonds is 10. The van der Waals surface area contributed by atoms with Gasteiger partial charge in [-0.1, -0.05) is 30.3 Å². The number of likely N-dealkylation sites (N-methyl/N-ethyl adjacent to an activating group) is 1. The Morgan fingerprint density at radius 3 is 2.63 bits per heavy atom. The van der Waals surface area contributed by atoms with Crippen molar-refractivity contribution < 1.29 is 24.5 Å². The molecule has 3 rings (SSSR count). The maximum Gasteiger partial charge on any atom is 0.259 e. The standard InChI is InChI=1S/C24H33N3O3/c1-4-29-23-14-20(10-11-22(23)30-18-24(28)26(2)3)15-25-21-12-13-27(17-21)16-19-8-6-5-7-9-19/h5-11,14,21,25H,4,12-13,15-18H2,1-3H3/p+2/t21-/m1/s1. The molecule has 0 saturated carbocycles.